The van der Waals surface area contributed by atoms with Crippen molar-refractivity contribution in [3.8, 4) is 0 Å². The van der Waals surface area contributed by atoms with Gasteiger partial charge >= 0.3 is 0 Å². The minimum atomic E-state index is 0.0550. The summed E-state index contributed by atoms with van der Waals surface area (Å²) in [7, 11) is 0. The number of hydrogen-bond acceptors (Lipinski definition) is 1. The molecule has 48 valence electrons. The van der Waals surface area contributed by atoms with Gasteiger partial charge in [0.15, 0.2) is 0 Å². The van der Waals surface area contributed by atoms with Crippen LogP contribution < -0.4 is 5.32 Å². The van der Waals surface area contributed by atoms with Crippen LogP contribution in [0.1, 0.15) is 27.2 Å². The lowest BCUT2D eigenvalue weighted by atomic mass is 10.3. The predicted octanol–water partition coefficient (Wildman–Crippen LogP) is 0.921. The van der Waals surface area contributed by atoms with Gasteiger partial charge < -0.3 is 5.32 Å². The highest BCUT2D eigenvalue weighted by molar-refractivity contribution is 5.73. The van der Waals surface area contributed by atoms with Crippen LogP contribution in [0.5, 0.6) is 0 Å². The molecule has 2 nitrogen and oxygen atoms in total. The number of hydrogen-bond donors (Lipinski definition) is 1. The van der Waals surface area contributed by atoms with Crippen LogP contribution >= 0.6 is 0 Å². The van der Waals surface area contributed by atoms with E-state index < -0.39 is 0 Å². The molecule has 0 saturated carbocycles. The minimum absolute atomic E-state index is 0.0550. The second-order valence-corrected chi connectivity index (χ2v) is 2.01. The predicted molar refractivity (Wildman–Crippen MR) is 33.6 cm³/mol. The van der Waals surface area contributed by atoms with Crippen molar-refractivity contribution < 1.29 is 4.79 Å². The van der Waals surface area contributed by atoms with Crippen molar-refractivity contribution in [1.29, 1.82) is 0 Å². The molecule has 0 aromatic heterocycles. The standard InChI is InChI=1S/C6H13NO/c1-4-5(2)7-6(3)8/h5H,4H2,1-3H3,(H,7,8)/t5-/m0/s1. The second-order valence-electron chi connectivity index (χ2n) is 2.01. The Hall–Kier alpha value is -0.530. The van der Waals surface area contributed by atoms with E-state index in [4.69, 9.17) is 0 Å². The molecular weight excluding hydrogens is 102 g/mol. The highest BCUT2D eigenvalue weighted by Gasteiger charge is 1.96. The van der Waals surface area contributed by atoms with Crippen LogP contribution in [0.3, 0.4) is 0 Å². The largest absolute Gasteiger partial charge is 0.354 e. The summed E-state index contributed by atoms with van der Waals surface area (Å²) in [6.07, 6.45) is 1.000. The zero-order valence-corrected chi connectivity index (χ0v) is 5.69. The molecule has 0 aliphatic heterocycles. The van der Waals surface area contributed by atoms with E-state index in [1.54, 1.807) is 0 Å². The van der Waals surface area contributed by atoms with Gasteiger partial charge in [-0.05, 0) is 13.3 Å². The van der Waals surface area contributed by atoms with E-state index in [0.29, 0.717) is 6.04 Å². The van der Waals surface area contributed by atoms with Gasteiger partial charge in [0.05, 0.1) is 0 Å². The quantitative estimate of drug-likeness (QED) is 0.569. The third-order valence-electron chi connectivity index (χ3n) is 1.06. The highest BCUT2D eigenvalue weighted by Crippen LogP contribution is 1.85. The summed E-state index contributed by atoms with van der Waals surface area (Å²) in [6.45, 7) is 5.56. The van der Waals surface area contributed by atoms with E-state index in [1.165, 1.54) is 6.92 Å². The summed E-state index contributed by atoms with van der Waals surface area (Å²) in [4.78, 5) is 10.3. The lowest BCUT2D eigenvalue weighted by Gasteiger charge is -2.07. The Bertz CT molecular complexity index is 80.6. The maximum absolute atomic E-state index is 10.3. The average molecular weight is 115 g/mol. The number of carbonyl (C=O) groups excluding carboxylic acids is 1. The molecular formula is C6H13NO. The first-order valence-electron chi connectivity index (χ1n) is 2.94. The summed E-state index contributed by atoms with van der Waals surface area (Å²) in [6, 6.07) is 0.326. The molecule has 0 heterocycles. The third-order valence-corrected chi connectivity index (χ3v) is 1.06. The normalized spacial score (nSPS) is 12.9. The molecule has 2 heteroatoms. The Morgan fingerprint density at radius 1 is 1.75 bits per heavy atom. The molecule has 0 aliphatic rings. The summed E-state index contributed by atoms with van der Waals surface area (Å²) in [5, 5.41) is 2.75. The van der Waals surface area contributed by atoms with Crippen LogP contribution in [0.15, 0.2) is 0 Å². The summed E-state index contributed by atoms with van der Waals surface area (Å²) < 4.78 is 0. The smallest absolute Gasteiger partial charge is 0.217 e. The van der Waals surface area contributed by atoms with E-state index in [-0.39, 0.29) is 5.91 Å². The molecule has 0 saturated heterocycles. The third kappa shape index (κ3) is 3.65. The molecule has 8 heavy (non-hydrogen) atoms. The molecule has 1 atom stereocenters. The average Bonchev–Trinajstić information content (AvgIpc) is 1.65. The number of rotatable bonds is 2. The monoisotopic (exact) mass is 115 g/mol. The lowest BCUT2D eigenvalue weighted by molar-refractivity contribution is -0.119. The van der Waals surface area contributed by atoms with Crippen molar-refractivity contribution in [2.75, 3.05) is 0 Å². The number of carbonyl (C=O) groups is 1. The Kier molecular flexibility index (Phi) is 3.24. The first kappa shape index (κ1) is 7.47. The molecule has 0 aromatic carbocycles. The van der Waals surface area contributed by atoms with E-state index in [1.807, 2.05) is 13.8 Å². The van der Waals surface area contributed by atoms with Crippen molar-refractivity contribution >= 4 is 5.91 Å². The van der Waals surface area contributed by atoms with E-state index >= 15 is 0 Å². The second kappa shape index (κ2) is 3.47. The van der Waals surface area contributed by atoms with Crippen LogP contribution in [0.25, 0.3) is 0 Å². The van der Waals surface area contributed by atoms with E-state index in [0.717, 1.165) is 6.42 Å². The van der Waals surface area contributed by atoms with E-state index in [9.17, 15) is 4.79 Å². The van der Waals surface area contributed by atoms with Gasteiger partial charge in [0.1, 0.15) is 0 Å². The maximum Gasteiger partial charge on any atom is 0.217 e. The molecule has 0 fully saturated rings. The summed E-state index contributed by atoms with van der Waals surface area (Å²) in [5.74, 6) is 0.0550. The van der Waals surface area contributed by atoms with Crippen molar-refractivity contribution in [3.05, 3.63) is 0 Å². The SMILES string of the molecule is CC[C@H](C)NC(C)=O. The van der Waals surface area contributed by atoms with Crippen LogP contribution in [-0.4, -0.2) is 11.9 Å². The van der Waals surface area contributed by atoms with Crippen LogP contribution in [0.2, 0.25) is 0 Å². The fourth-order valence-corrected chi connectivity index (χ4v) is 0.449. The summed E-state index contributed by atoms with van der Waals surface area (Å²) >= 11 is 0. The van der Waals surface area contributed by atoms with Crippen LogP contribution in [-0.2, 0) is 4.79 Å². The van der Waals surface area contributed by atoms with Crippen molar-refractivity contribution in [2.45, 2.75) is 33.2 Å². The molecule has 0 aromatic rings. The zero-order chi connectivity index (χ0) is 6.57. The van der Waals surface area contributed by atoms with Gasteiger partial charge in [0.2, 0.25) is 5.91 Å². The number of nitrogens with one attached hydrogen (secondary N) is 1. The first-order valence-corrected chi connectivity index (χ1v) is 2.94. The van der Waals surface area contributed by atoms with Crippen molar-refractivity contribution in [2.24, 2.45) is 0 Å². The Morgan fingerprint density at radius 2 is 2.25 bits per heavy atom. The topological polar surface area (TPSA) is 29.1 Å². The van der Waals surface area contributed by atoms with Crippen LogP contribution in [0, 0.1) is 0 Å². The lowest BCUT2D eigenvalue weighted by Crippen LogP contribution is -2.29. The fraction of sp³-hybridized carbons (Fsp3) is 0.833. The zero-order valence-electron chi connectivity index (χ0n) is 5.69. The minimum Gasteiger partial charge on any atom is -0.354 e. The molecule has 0 spiro atoms. The summed E-state index contributed by atoms with van der Waals surface area (Å²) in [5.41, 5.74) is 0. The van der Waals surface area contributed by atoms with E-state index in [2.05, 4.69) is 5.32 Å². The maximum atomic E-state index is 10.3. The van der Waals surface area contributed by atoms with Gasteiger partial charge in [-0.2, -0.15) is 0 Å². The molecule has 0 aliphatic carbocycles. The van der Waals surface area contributed by atoms with Gasteiger partial charge in [0.25, 0.3) is 0 Å². The number of amides is 1. The highest BCUT2D eigenvalue weighted by atomic mass is 16.1. The Labute approximate surface area is 50.3 Å². The van der Waals surface area contributed by atoms with Gasteiger partial charge in [-0.15, -0.1) is 0 Å². The Morgan fingerprint density at radius 3 is 2.38 bits per heavy atom. The van der Waals surface area contributed by atoms with Gasteiger partial charge in [0, 0.05) is 13.0 Å². The first-order chi connectivity index (χ1) is 3.66. The van der Waals surface area contributed by atoms with Gasteiger partial charge in [-0.25, -0.2) is 0 Å². The van der Waals surface area contributed by atoms with Crippen molar-refractivity contribution in [1.82, 2.24) is 5.32 Å². The van der Waals surface area contributed by atoms with Gasteiger partial charge in [-0.3, -0.25) is 4.79 Å². The molecule has 0 bridgehead atoms. The van der Waals surface area contributed by atoms with Gasteiger partial charge in [-0.1, -0.05) is 6.92 Å². The fourth-order valence-electron chi connectivity index (χ4n) is 0.449. The molecule has 1 amide bonds. The van der Waals surface area contributed by atoms with Crippen molar-refractivity contribution in [3.63, 3.8) is 0 Å². The molecule has 0 radical (unpaired) electrons. The van der Waals surface area contributed by atoms with Crippen LogP contribution in [0.4, 0.5) is 0 Å². The molecule has 1 N–H and O–H groups in total. The Balaban J connectivity index is 3.24. The molecule has 0 unspecified atom stereocenters. The molecule has 0 rings (SSSR count).